The van der Waals surface area contributed by atoms with Crippen LogP contribution in [0.5, 0.6) is 0 Å². The predicted octanol–water partition coefficient (Wildman–Crippen LogP) is 3.46. The minimum atomic E-state index is -1.15. The van der Waals surface area contributed by atoms with Crippen LogP contribution in [0.1, 0.15) is 36.8 Å². The summed E-state index contributed by atoms with van der Waals surface area (Å²) in [5.41, 5.74) is 1.86. The summed E-state index contributed by atoms with van der Waals surface area (Å²) < 4.78 is 14.6. The molecule has 7 heteroatoms. The standard InChI is InChI=1S/C23H25FN4O2/c1-28-19-13-7-5-11-17(19)20(16-10-4-6-12-18(16)24)26-21(22(28)29)27-23(30)25-14-15-8-2-3-9-15/h4-7,10-13,15,21H,2-3,8-9,14H2,1H3,(H2,25,27,30). The number of benzene rings is 2. The van der Waals surface area contributed by atoms with Gasteiger partial charge in [0.05, 0.1) is 11.4 Å². The van der Waals surface area contributed by atoms with Gasteiger partial charge in [-0.3, -0.25) is 4.79 Å². The molecule has 156 valence electrons. The molecule has 0 saturated heterocycles. The highest BCUT2D eigenvalue weighted by Crippen LogP contribution is 2.28. The quantitative estimate of drug-likeness (QED) is 0.813. The van der Waals surface area contributed by atoms with Gasteiger partial charge in [-0.05, 0) is 37.0 Å². The predicted molar refractivity (Wildman–Crippen MR) is 114 cm³/mol. The average Bonchev–Trinajstić information content (AvgIpc) is 3.25. The number of carbonyl (C=O) groups excluding carboxylic acids is 2. The van der Waals surface area contributed by atoms with E-state index in [0.29, 0.717) is 29.4 Å². The van der Waals surface area contributed by atoms with E-state index < -0.39 is 18.0 Å². The van der Waals surface area contributed by atoms with Crippen LogP contribution in [0, 0.1) is 11.7 Å². The Hall–Kier alpha value is -3.22. The highest BCUT2D eigenvalue weighted by molar-refractivity contribution is 6.20. The van der Waals surface area contributed by atoms with Crippen molar-refractivity contribution in [3.8, 4) is 0 Å². The lowest BCUT2D eigenvalue weighted by molar-refractivity contribution is -0.119. The van der Waals surface area contributed by atoms with Crippen molar-refractivity contribution in [2.45, 2.75) is 31.8 Å². The summed E-state index contributed by atoms with van der Waals surface area (Å²) in [5, 5.41) is 5.52. The van der Waals surface area contributed by atoms with Crippen LogP contribution < -0.4 is 15.5 Å². The molecular formula is C23H25FN4O2. The van der Waals surface area contributed by atoms with Gasteiger partial charge in [0.2, 0.25) is 6.17 Å². The molecule has 1 atom stereocenters. The van der Waals surface area contributed by atoms with E-state index in [4.69, 9.17) is 0 Å². The molecule has 0 spiro atoms. The maximum absolute atomic E-state index is 14.6. The fraction of sp³-hybridized carbons (Fsp3) is 0.348. The van der Waals surface area contributed by atoms with Crippen LogP contribution in [0.2, 0.25) is 0 Å². The van der Waals surface area contributed by atoms with Crippen molar-refractivity contribution < 1.29 is 14.0 Å². The Morgan fingerprint density at radius 3 is 2.50 bits per heavy atom. The number of nitrogens with zero attached hydrogens (tertiary/aromatic N) is 2. The number of para-hydroxylation sites is 1. The number of nitrogens with one attached hydrogen (secondary N) is 2. The summed E-state index contributed by atoms with van der Waals surface area (Å²) in [6.07, 6.45) is 3.44. The van der Waals surface area contributed by atoms with E-state index in [9.17, 15) is 14.0 Å². The Labute approximate surface area is 175 Å². The normalized spacial score (nSPS) is 19.1. The molecular weight excluding hydrogens is 383 g/mol. The van der Waals surface area contributed by atoms with Gasteiger partial charge in [0.25, 0.3) is 5.91 Å². The Balaban J connectivity index is 1.65. The zero-order valence-corrected chi connectivity index (χ0v) is 16.9. The first-order valence-electron chi connectivity index (χ1n) is 10.3. The van der Waals surface area contributed by atoms with Crippen LogP contribution in [-0.2, 0) is 4.79 Å². The van der Waals surface area contributed by atoms with E-state index in [2.05, 4.69) is 15.6 Å². The monoisotopic (exact) mass is 408 g/mol. The van der Waals surface area contributed by atoms with Crippen molar-refractivity contribution in [1.82, 2.24) is 10.6 Å². The molecule has 2 aromatic carbocycles. The van der Waals surface area contributed by atoms with E-state index in [1.165, 1.54) is 23.8 Å². The third kappa shape index (κ3) is 4.06. The number of likely N-dealkylation sites (N-methyl/N-ethyl adjacent to an activating group) is 1. The molecule has 30 heavy (non-hydrogen) atoms. The molecule has 1 saturated carbocycles. The number of hydrogen-bond acceptors (Lipinski definition) is 3. The van der Waals surface area contributed by atoms with E-state index in [-0.39, 0.29) is 11.5 Å². The van der Waals surface area contributed by atoms with E-state index in [1.807, 2.05) is 12.1 Å². The van der Waals surface area contributed by atoms with Crippen LogP contribution in [0.15, 0.2) is 53.5 Å². The first-order valence-corrected chi connectivity index (χ1v) is 10.3. The molecule has 4 rings (SSSR count). The fourth-order valence-corrected chi connectivity index (χ4v) is 4.11. The molecule has 2 aromatic rings. The Morgan fingerprint density at radius 1 is 1.10 bits per heavy atom. The number of benzodiazepines with no additional fused rings is 1. The molecule has 1 unspecified atom stereocenters. The highest BCUT2D eigenvalue weighted by atomic mass is 19.1. The largest absolute Gasteiger partial charge is 0.338 e. The van der Waals surface area contributed by atoms with Crippen LogP contribution >= 0.6 is 0 Å². The first-order chi connectivity index (χ1) is 14.5. The van der Waals surface area contributed by atoms with Gasteiger partial charge < -0.3 is 15.5 Å². The van der Waals surface area contributed by atoms with Crippen LogP contribution in [0.3, 0.4) is 0 Å². The molecule has 3 amide bonds. The topological polar surface area (TPSA) is 73.8 Å². The van der Waals surface area contributed by atoms with Crippen molar-refractivity contribution in [3.63, 3.8) is 0 Å². The summed E-state index contributed by atoms with van der Waals surface area (Å²) in [6.45, 7) is 0.576. The van der Waals surface area contributed by atoms with E-state index in [1.54, 1.807) is 37.4 Å². The van der Waals surface area contributed by atoms with Gasteiger partial charge in [-0.1, -0.05) is 43.2 Å². The molecule has 2 aliphatic rings. The Bertz CT molecular complexity index is 985. The fourth-order valence-electron chi connectivity index (χ4n) is 4.11. The second-order valence-electron chi connectivity index (χ2n) is 7.78. The Kier molecular flexibility index (Phi) is 5.79. The number of halogens is 1. The van der Waals surface area contributed by atoms with Gasteiger partial charge in [0, 0.05) is 24.7 Å². The molecule has 1 fully saturated rings. The highest BCUT2D eigenvalue weighted by Gasteiger charge is 2.31. The molecule has 0 bridgehead atoms. The Morgan fingerprint density at radius 2 is 1.77 bits per heavy atom. The summed E-state index contributed by atoms with van der Waals surface area (Å²) in [6, 6.07) is 13.1. The smallest absolute Gasteiger partial charge is 0.316 e. The third-order valence-electron chi connectivity index (χ3n) is 5.77. The lowest BCUT2D eigenvalue weighted by Gasteiger charge is -2.21. The van der Waals surface area contributed by atoms with Crippen molar-refractivity contribution in [1.29, 1.82) is 0 Å². The van der Waals surface area contributed by atoms with Crippen LogP contribution in [0.25, 0.3) is 0 Å². The second-order valence-corrected chi connectivity index (χ2v) is 7.78. The maximum Gasteiger partial charge on any atom is 0.316 e. The molecule has 2 N–H and O–H groups in total. The van der Waals surface area contributed by atoms with Crippen molar-refractivity contribution in [2.24, 2.45) is 10.9 Å². The number of urea groups is 1. The third-order valence-corrected chi connectivity index (χ3v) is 5.77. The summed E-state index contributed by atoms with van der Waals surface area (Å²) >= 11 is 0. The van der Waals surface area contributed by atoms with Gasteiger partial charge in [0.1, 0.15) is 5.82 Å². The summed E-state index contributed by atoms with van der Waals surface area (Å²) in [7, 11) is 1.63. The van der Waals surface area contributed by atoms with Gasteiger partial charge in [-0.15, -0.1) is 0 Å². The average molecular weight is 408 g/mol. The summed E-state index contributed by atoms with van der Waals surface area (Å²) in [5.74, 6) is -0.345. The van der Waals surface area contributed by atoms with Gasteiger partial charge in [-0.2, -0.15) is 0 Å². The number of carbonyl (C=O) groups is 2. The second kappa shape index (κ2) is 8.65. The van der Waals surface area contributed by atoms with E-state index in [0.717, 1.165) is 12.8 Å². The molecule has 1 heterocycles. The first kappa shape index (κ1) is 20.1. The van der Waals surface area contributed by atoms with Gasteiger partial charge in [-0.25, -0.2) is 14.2 Å². The maximum atomic E-state index is 14.6. The van der Waals surface area contributed by atoms with Crippen LogP contribution in [0.4, 0.5) is 14.9 Å². The lowest BCUT2D eigenvalue weighted by Crippen LogP contribution is -2.50. The molecule has 0 radical (unpaired) electrons. The van der Waals surface area contributed by atoms with Crippen molar-refractivity contribution in [2.75, 3.05) is 18.5 Å². The van der Waals surface area contributed by atoms with Crippen LogP contribution in [-0.4, -0.2) is 37.4 Å². The zero-order valence-electron chi connectivity index (χ0n) is 16.9. The van der Waals surface area contributed by atoms with Crippen molar-refractivity contribution in [3.05, 3.63) is 65.5 Å². The molecule has 1 aliphatic heterocycles. The number of anilines is 1. The number of fused-ring (bicyclic) bond motifs is 1. The van der Waals surface area contributed by atoms with Gasteiger partial charge >= 0.3 is 6.03 Å². The molecule has 0 aromatic heterocycles. The number of amides is 3. The SMILES string of the molecule is CN1C(=O)C(NC(=O)NCC2CCCC2)N=C(c2ccccc2F)c2ccccc21. The number of rotatable bonds is 4. The van der Waals surface area contributed by atoms with E-state index >= 15 is 0 Å². The minimum Gasteiger partial charge on any atom is -0.338 e. The number of hydrogen-bond donors (Lipinski definition) is 2. The minimum absolute atomic E-state index is 0.284. The number of aliphatic imine (C=N–C) groups is 1. The lowest BCUT2D eigenvalue weighted by atomic mass is 10.00. The molecule has 6 nitrogen and oxygen atoms in total. The van der Waals surface area contributed by atoms with Crippen molar-refractivity contribution >= 4 is 23.3 Å². The zero-order chi connectivity index (χ0) is 21.1. The van der Waals surface area contributed by atoms with Gasteiger partial charge in [0.15, 0.2) is 0 Å². The summed E-state index contributed by atoms with van der Waals surface area (Å²) in [4.78, 5) is 31.5. The molecule has 1 aliphatic carbocycles.